The predicted molar refractivity (Wildman–Crippen MR) is 103 cm³/mol. The third-order valence-electron chi connectivity index (χ3n) is 3.19. The molecule has 142 valence electrons. The average molecular weight is 370 g/mol. The lowest BCUT2D eigenvalue weighted by Gasteiger charge is -2.28. The van der Waals surface area contributed by atoms with Crippen LogP contribution in [0.5, 0.6) is 0 Å². The molecule has 0 aliphatic heterocycles. The molecule has 1 heterocycles. The van der Waals surface area contributed by atoms with Crippen molar-refractivity contribution >= 4 is 23.1 Å². The fourth-order valence-electron chi connectivity index (χ4n) is 2.03. The van der Waals surface area contributed by atoms with Crippen molar-refractivity contribution in [3.63, 3.8) is 0 Å². The van der Waals surface area contributed by atoms with E-state index in [4.69, 9.17) is 4.74 Å². The lowest BCUT2D eigenvalue weighted by molar-refractivity contribution is 0.0636. The normalized spacial score (nSPS) is 14.7. The highest BCUT2D eigenvalue weighted by molar-refractivity contribution is 7.90. The van der Waals surface area contributed by atoms with E-state index in [-0.39, 0.29) is 10.8 Å². The van der Waals surface area contributed by atoms with Crippen LogP contribution in [0.25, 0.3) is 0 Å². The summed E-state index contributed by atoms with van der Waals surface area (Å²) in [5.41, 5.74) is 0.870. The van der Waals surface area contributed by atoms with Gasteiger partial charge in [-0.2, -0.15) is 0 Å². The summed E-state index contributed by atoms with van der Waals surface area (Å²) in [4.78, 5) is 16.1. The van der Waals surface area contributed by atoms with E-state index in [2.05, 4.69) is 21.9 Å². The molecule has 2 atom stereocenters. The number of carbonyl (C=O) groups is 1. The standard InChI is InChI=1S/C18H31N3O3S/c1-8-9-15(21-25(23)18(5,6)7)13-10-14(12-19-11-13)20-16(22)24-17(2,3)4/h10-12,15,21H,8-9H2,1-7H3,(H,20,22). The summed E-state index contributed by atoms with van der Waals surface area (Å²) in [6, 6.07) is 1.74. The maximum atomic E-state index is 12.4. The smallest absolute Gasteiger partial charge is 0.412 e. The minimum absolute atomic E-state index is 0.0991. The van der Waals surface area contributed by atoms with Crippen molar-refractivity contribution in [1.29, 1.82) is 0 Å². The minimum Gasteiger partial charge on any atom is -0.598 e. The largest absolute Gasteiger partial charge is 0.598 e. The van der Waals surface area contributed by atoms with E-state index in [9.17, 15) is 9.35 Å². The van der Waals surface area contributed by atoms with Crippen molar-refractivity contribution in [3.8, 4) is 0 Å². The fraction of sp³-hybridized carbons (Fsp3) is 0.667. The molecule has 0 bridgehead atoms. The van der Waals surface area contributed by atoms with Crippen LogP contribution in [0, 0.1) is 0 Å². The zero-order valence-electron chi connectivity index (χ0n) is 16.3. The fourth-order valence-corrected chi connectivity index (χ4v) is 2.89. The molecule has 1 amide bonds. The Morgan fingerprint density at radius 1 is 1.28 bits per heavy atom. The molecule has 2 unspecified atom stereocenters. The highest BCUT2D eigenvalue weighted by Crippen LogP contribution is 2.25. The van der Waals surface area contributed by atoms with Crippen LogP contribution in [0.2, 0.25) is 0 Å². The van der Waals surface area contributed by atoms with E-state index in [0.29, 0.717) is 5.69 Å². The molecule has 0 saturated carbocycles. The third kappa shape index (κ3) is 8.07. The maximum Gasteiger partial charge on any atom is 0.412 e. The van der Waals surface area contributed by atoms with Crippen LogP contribution in [0.3, 0.4) is 0 Å². The van der Waals surface area contributed by atoms with E-state index >= 15 is 0 Å². The highest BCUT2D eigenvalue weighted by Gasteiger charge is 2.29. The number of anilines is 1. The topological polar surface area (TPSA) is 86.3 Å². The van der Waals surface area contributed by atoms with Crippen LogP contribution in [-0.4, -0.2) is 26.0 Å². The number of nitrogens with one attached hydrogen (secondary N) is 2. The zero-order chi connectivity index (χ0) is 19.3. The second kappa shape index (κ2) is 8.87. The molecule has 1 aromatic heterocycles. The van der Waals surface area contributed by atoms with Gasteiger partial charge in [-0.3, -0.25) is 10.3 Å². The number of aromatic nitrogens is 1. The molecule has 0 aliphatic carbocycles. The molecule has 7 heteroatoms. The van der Waals surface area contributed by atoms with Gasteiger partial charge >= 0.3 is 6.09 Å². The molecule has 0 spiro atoms. The van der Waals surface area contributed by atoms with Gasteiger partial charge in [0, 0.05) is 17.6 Å². The Bertz CT molecular complexity index is 567. The highest BCUT2D eigenvalue weighted by atomic mass is 32.2. The van der Waals surface area contributed by atoms with Gasteiger partial charge in [0.25, 0.3) is 0 Å². The summed E-state index contributed by atoms with van der Waals surface area (Å²) in [5, 5.41) is 2.69. The van der Waals surface area contributed by atoms with Crippen LogP contribution in [0.1, 0.15) is 72.9 Å². The van der Waals surface area contributed by atoms with E-state index in [1.807, 2.05) is 47.6 Å². The van der Waals surface area contributed by atoms with Crippen molar-refractivity contribution in [1.82, 2.24) is 9.71 Å². The summed E-state index contributed by atoms with van der Waals surface area (Å²) in [6.07, 6.45) is 4.52. The van der Waals surface area contributed by atoms with Gasteiger partial charge in [0.05, 0.1) is 17.9 Å². The number of amides is 1. The van der Waals surface area contributed by atoms with Gasteiger partial charge in [-0.15, -0.1) is 4.72 Å². The van der Waals surface area contributed by atoms with Gasteiger partial charge in [-0.05, 0) is 59.6 Å². The Morgan fingerprint density at radius 3 is 2.44 bits per heavy atom. The lowest BCUT2D eigenvalue weighted by Crippen LogP contribution is -2.41. The molecule has 1 aromatic rings. The van der Waals surface area contributed by atoms with Crippen LogP contribution < -0.4 is 10.0 Å². The second-order valence-electron chi connectivity index (χ2n) is 7.97. The van der Waals surface area contributed by atoms with Crippen molar-refractivity contribution in [2.75, 3.05) is 5.32 Å². The molecule has 0 saturated heterocycles. The number of ether oxygens (including phenoxy) is 1. The van der Waals surface area contributed by atoms with Gasteiger partial charge in [-0.1, -0.05) is 13.3 Å². The van der Waals surface area contributed by atoms with E-state index < -0.39 is 23.1 Å². The first-order valence-corrected chi connectivity index (χ1v) is 9.70. The van der Waals surface area contributed by atoms with Crippen LogP contribution in [0.4, 0.5) is 10.5 Å². The molecule has 2 N–H and O–H groups in total. The molecule has 0 fully saturated rings. The molecule has 1 rings (SSSR count). The van der Waals surface area contributed by atoms with Gasteiger partial charge in [0.2, 0.25) is 0 Å². The summed E-state index contributed by atoms with van der Waals surface area (Å²) < 4.78 is 20.5. The summed E-state index contributed by atoms with van der Waals surface area (Å²) in [5.74, 6) is 0. The number of pyridine rings is 1. The van der Waals surface area contributed by atoms with Crippen molar-refractivity contribution in [2.45, 2.75) is 77.7 Å². The number of hydrogen-bond donors (Lipinski definition) is 2. The zero-order valence-corrected chi connectivity index (χ0v) is 17.1. The summed E-state index contributed by atoms with van der Waals surface area (Å²) >= 11 is -1.19. The molecule has 0 radical (unpaired) electrons. The van der Waals surface area contributed by atoms with Crippen LogP contribution >= 0.6 is 0 Å². The Labute approximate surface area is 154 Å². The molecular formula is C18H31N3O3S. The SMILES string of the molecule is CCCC(N[S+]([O-])C(C)(C)C)c1cncc(NC(=O)OC(C)(C)C)c1. The monoisotopic (exact) mass is 369 g/mol. The number of hydrogen-bond acceptors (Lipinski definition) is 5. The molecule has 25 heavy (non-hydrogen) atoms. The van der Waals surface area contributed by atoms with Gasteiger partial charge in [0.15, 0.2) is 0 Å². The van der Waals surface area contributed by atoms with Crippen molar-refractivity contribution in [3.05, 3.63) is 24.0 Å². The van der Waals surface area contributed by atoms with Gasteiger partial charge < -0.3 is 9.29 Å². The van der Waals surface area contributed by atoms with Crippen LogP contribution in [0.15, 0.2) is 18.5 Å². The number of nitrogens with zero attached hydrogens (tertiary/aromatic N) is 1. The minimum atomic E-state index is -1.19. The van der Waals surface area contributed by atoms with Crippen molar-refractivity contribution in [2.24, 2.45) is 0 Å². The lowest BCUT2D eigenvalue weighted by atomic mass is 10.1. The van der Waals surface area contributed by atoms with E-state index in [1.54, 1.807) is 12.4 Å². The Kier molecular flexibility index (Phi) is 7.71. The van der Waals surface area contributed by atoms with E-state index in [1.165, 1.54) is 0 Å². The first-order valence-electron chi connectivity index (χ1n) is 8.55. The maximum absolute atomic E-state index is 12.4. The molecule has 0 aromatic carbocycles. The predicted octanol–water partition coefficient (Wildman–Crippen LogP) is 4.32. The molecular weight excluding hydrogens is 338 g/mol. The quantitative estimate of drug-likeness (QED) is 0.729. The first kappa shape index (κ1) is 21.7. The Morgan fingerprint density at radius 2 is 1.92 bits per heavy atom. The second-order valence-corrected chi connectivity index (χ2v) is 9.97. The Balaban J connectivity index is 2.89. The number of carbonyl (C=O) groups excluding carboxylic acids is 1. The average Bonchev–Trinajstić information content (AvgIpc) is 2.43. The molecule has 0 aliphatic rings. The molecule has 6 nitrogen and oxygen atoms in total. The van der Waals surface area contributed by atoms with Gasteiger partial charge in [0.1, 0.15) is 10.3 Å². The number of rotatable bonds is 6. The third-order valence-corrected chi connectivity index (χ3v) is 4.80. The summed E-state index contributed by atoms with van der Waals surface area (Å²) in [6.45, 7) is 13.3. The summed E-state index contributed by atoms with van der Waals surface area (Å²) in [7, 11) is 0. The van der Waals surface area contributed by atoms with Crippen molar-refractivity contribution < 1.29 is 14.1 Å². The first-order chi connectivity index (χ1) is 11.4. The van der Waals surface area contributed by atoms with Gasteiger partial charge in [-0.25, -0.2) is 4.79 Å². The Hall–Kier alpha value is -1.31. The van der Waals surface area contributed by atoms with Crippen LogP contribution in [-0.2, 0) is 16.1 Å². The van der Waals surface area contributed by atoms with E-state index in [0.717, 1.165) is 18.4 Å².